The van der Waals surface area contributed by atoms with Crippen LogP contribution in [0, 0.1) is 0 Å². The molecule has 0 spiro atoms. The van der Waals surface area contributed by atoms with Gasteiger partial charge in [-0.3, -0.25) is 10.1 Å². The van der Waals surface area contributed by atoms with Gasteiger partial charge in [0.2, 0.25) is 0 Å². The number of para-hydroxylation sites is 1. The molecule has 3 rings (SSSR count). The Morgan fingerprint density at radius 3 is 2.72 bits per heavy atom. The molecule has 1 heterocycles. The summed E-state index contributed by atoms with van der Waals surface area (Å²) in [6.07, 6.45) is 2.55. The van der Waals surface area contributed by atoms with E-state index >= 15 is 0 Å². The summed E-state index contributed by atoms with van der Waals surface area (Å²) in [6, 6.07) is 10.5. The quantitative estimate of drug-likeness (QED) is 0.268. The summed E-state index contributed by atoms with van der Waals surface area (Å²) in [5.41, 5.74) is 1.43. The van der Waals surface area contributed by atoms with Crippen LogP contribution in [0.4, 0.5) is 0 Å². The van der Waals surface area contributed by atoms with Crippen molar-refractivity contribution in [2.75, 3.05) is 14.2 Å². The minimum atomic E-state index is -0.632. The number of hydrogen-bond acceptors (Lipinski definition) is 8. The number of benzene rings is 2. The van der Waals surface area contributed by atoms with Crippen LogP contribution in [0.5, 0.6) is 11.5 Å². The van der Waals surface area contributed by atoms with E-state index in [1.807, 2.05) is 6.07 Å². The van der Waals surface area contributed by atoms with E-state index < -0.39 is 11.9 Å². The second-order valence-electron chi connectivity index (χ2n) is 6.15. The first kappa shape index (κ1) is 23.6. The van der Waals surface area contributed by atoms with Gasteiger partial charge in [0.05, 0.1) is 35.4 Å². The number of esters is 1. The molecule has 1 fully saturated rings. The molecule has 8 nitrogen and oxygen atoms in total. The molecule has 2 aromatic rings. The van der Waals surface area contributed by atoms with E-state index in [4.69, 9.17) is 32.7 Å². The molecule has 1 aliphatic heterocycles. The molecule has 0 unspecified atom stereocenters. The number of nitrogens with zero attached hydrogens (tertiary/aromatic N) is 2. The molecule has 11 heteroatoms. The number of nitrogens with one attached hydrogen (secondary N) is 1. The minimum Gasteiger partial charge on any atom is -0.493 e. The number of thioether (sulfide) groups is 1. The molecule has 0 saturated carbocycles. The molecule has 2 aromatic carbocycles. The molecule has 0 aliphatic carbocycles. The highest BCUT2D eigenvalue weighted by Gasteiger charge is 2.25. The van der Waals surface area contributed by atoms with Crippen LogP contribution >= 0.6 is 35.0 Å². The maximum atomic E-state index is 11.9. The predicted molar refractivity (Wildman–Crippen MR) is 125 cm³/mol. The van der Waals surface area contributed by atoms with Gasteiger partial charge < -0.3 is 14.2 Å². The Hall–Kier alpha value is -3.01. The Labute approximate surface area is 198 Å². The summed E-state index contributed by atoms with van der Waals surface area (Å²) >= 11 is 13.0. The van der Waals surface area contributed by atoms with Gasteiger partial charge in [-0.15, -0.1) is 5.10 Å². The molecule has 1 amide bonds. The Morgan fingerprint density at radius 2 is 2.00 bits per heavy atom. The van der Waals surface area contributed by atoms with Crippen molar-refractivity contribution in [3.8, 4) is 11.5 Å². The van der Waals surface area contributed by atoms with E-state index in [0.29, 0.717) is 27.1 Å². The van der Waals surface area contributed by atoms with Gasteiger partial charge in [-0.25, -0.2) is 4.79 Å². The monoisotopic (exact) mass is 493 g/mol. The maximum Gasteiger partial charge on any atom is 0.331 e. The molecule has 0 atom stereocenters. The van der Waals surface area contributed by atoms with Gasteiger partial charge in [-0.1, -0.05) is 35.3 Å². The van der Waals surface area contributed by atoms with Gasteiger partial charge >= 0.3 is 5.97 Å². The molecule has 0 bridgehead atoms. The van der Waals surface area contributed by atoms with Crippen LogP contribution < -0.4 is 14.8 Å². The van der Waals surface area contributed by atoms with E-state index in [0.717, 1.165) is 23.4 Å². The lowest BCUT2D eigenvalue weighted by Crippen LogP contribution is -2.19. The summed E-state index contributed by atoms with van der Waals surface area (Å²) in [7, 11) is 2.76. The summed E-state index contributed by atoms with van der Waals surface area (Å²) in [6.45, 7) is 0.222. The van der Waals surface area contributed by atoms with Gasteiger partial charge in [0.15, 0.2) is 16.7 Å². The van der Waals surface area contributed by atoms with E-state index in [-0.39, 0.29) is 16.7 Å². The highest BCUT2D eigenvalue weighted by molar-refractivity contribution is 8.18. The van der Waals surface area contributed by atoms with Crippen LogP contribution in [0.1, 0.15) is 11.1 Å². The summed E-state index contributed by atoms with van der Waals surface area (Å²) in [5.74, 6) is -0.123. The van der Waals surface area contributed by atoms with Crippen molar-refractivity contribution in [3.05, 3.63) is 68.6 Å². The first-order valence-electron chi connectivity index (χ1n) is 9.05. The average molecular weight is 494 g/mol. The largest absolute Gasteiger partial charge is 0.493 e. The van der Waals surface area contributed by atoms with E-state index in [1.165, 1.54) is 20.4 Å². The van der Waals surface area contributed by atoms with E-state index in [2.05, 4.69) is 20.3 Å². The van der Waals surface area contributed by atoms with Crippen molar-refractivity contribution in [2.24, 2.45) is 10.2 Å². The number of rotatable bonds is 7. The molecular formula is C21H17Cl2N3O5S. The van der Waals surface area contributed by atoms with Crippen molar-refractivity contribution in [2.45, 2.75) is 6.61 Å². The number of carbonyl (C=O) groups excluding carboxylic acids is 2. The van der Waals surface area contributed by atoms with Crippen molar-refractivity contribution in [1.29, 1.82) is 0 Å². The van der Waals surface area contributed by atoms with Crippen molar-refractivity contribution < 1.29 is 23.8 Å². The van der Waals surface area contributed by atoms with Crippen LogP contribution in [0.2, 0.25) is 10.0 Å². The smallest absolute Gasteiger partial charge is 0.331 e. The Bertz CT molecular complexity index is 1130. The topological polar surface area (TPSA) is 98.6 Å². The number of amides is 1. The van der Waals surface area contributed by atoms with Gasteiger partial charge in [0.25, 0.3) is 5.91 Å². The maximum absolute atomic E-state index is 11.9. The summed E-state index contributed by atoms with van der Waals surface area (Å²) in [4.78, 5) is 23.4. The Balaban J connectivity index is 1.76. The molecule has 32 heavy (non-hydrogen) atoms. The van der Waals surface area contributed by atoms with Gasteiger partial charge in [-0.2, -0.15) is 5.10 Å². The molecule has 1 saturated heterocycles. The average Bonchev–Trinajstić information content (AvgIpc) is 3.13. The van der Waals surface area contributed by atoms with Crippen molar-refractivity contribution >= 4 is 58.2 Å². The number of carbonyl (C=O) groups is 2. The van der Waals surface area contributed by atoms with E-state index in [1.54, 1.807) is 30.3 Å². The van der Waals surface area contributed by atoms with Gasteiger partial charge in [-0.05, 0) is 41.6 Å². The number of halogens is 2. The Kier molecular flexibility index (Phi) is 8.15. The van der Waals surface area contributed by atoms with Crippen LogP contribution in [0.15, 0.2) is 57.6 Å². The van der Waals surface area contributed by atoms with Crippen LogP contribution in [-0.4, -0.2) is 37.5 Å². The second kappa shape index (κ2) is 11.0. The van der Waals surface area contributed by atoms with Crippen molar-refractivity contribution in [3.63, 3.8) is 0 Å². The standard InChI is InChI=1S/C21H17Cl2N3O5S/c1-29-16-5-3-4-13(19(16)31-11-12-6-7-14(22)15(23)8-12)10-24-26-21-25-20(28)17(32-21)9-18(27)30-2/h3-10H,11H2,1-2H3,(H,25,26,28)/b17-9+,24-10?. The lowest BCUT2D eigenvalue weighted by molar-refractivity contribution is -0.135. The van der Waals surface area contributed by atoms with Crippen LogP contribution in [-0.2, 0) is 20.9 Å². The lowest BCUT2D eigenvalue weighted by atomic mass is 10.2. The third kappa shape index (κ3) is 6.03. The zero-order chi connectivity index (χ0) is 23.1. The third-order valence-electron chi connectivity index (χ3n) is 4.04. The molecular weight excluding hydrogens is 477 g/mol. The second-order valence-corrected chi connectivity index (χ2v) is 8.00. The van der Waals surface area contributed by atoms with Crippen LogP contribution in [0.25, 0.3) is 0 Å². The van der Waals surface area contributed by atoms with E-state index in [9.17, 15) is 9.59 Å². The fourth-order valence-corrected chi connectivity index (χ4v) is 3.58. The first-order valence-corrected chi connectivity index (χ1v) is 10.6. The van der Waals surface area contributed by atoms with Crippen molar-refractivity contribution in [1.82, 2.24) is 5.32 Å². The highest BCUT2D eigenvalue weighted by Crippen LogP contribution is 2.32. The fraction of sp³-hybridized carbons (Fsp3) is 0.143. The Morgan fingerprint density at radius 1 is 1.19 bits per heavy atom. The molecule has 0 aromatic heterocycles. The minimum absolute atomic E-state index is 0.165. The molecule has 0 radical (unpaired) electrons. The lowest BCUT2D eigenvalue weighted by Gasteiger charge is -2.13. The zero-order valence-electron chi connectivity index (χ0n) is 16.9. The normalized spacial score (nSPS) is 15.9. The van der Waals surface area contributed by atoms with Gasteiger partial charge in [0.1, 0.15) is 6.61 Å². The molecule has 1 aliphatic rings. The number of hydrogen-bond donors (Lipinski definition) is 1. The third-order valence-corrected chi connectivity index (χ3v) is 5.68. The SMILES string of the molecule is COC(=O)/C=C1/S/C(=N\N=Cc2cccc(OC)c2OCc2ccc(Cl)c(Cl)c2)NC1=O. The molecule has 1 N–H and O–H groups in total. The zero-order valence-corrected chi connectivity index (χ0v) is 19.3. The number of amidine groups is 1. The van der Waals surface area contributed by atoms with Gasteiger partial charge in [0, 0.05) is 11.6 Å². The summed E-state index contributed by atoms with van der Waals surface area (Å²) in [5, 5.41) is 11.6. The predicted octanol–water partition coefficient (Wildman–Crippen LogP) is 4.19. The summed E-state index contributed by atoms with van der Waals surface area (Å²) < 4.78 is 15.9. The number of methoxy groups -OCH3 is 2. The fourth-order valence-electron chi connectivity index (χ4n) is 2.52. The highest BCUT2D eigenvalue weighted by atomic mass is 35.5. The number of ether oxygens (including phenoxy) is 3. The molecule has 166 valence electrons. The van der Waals surface area contributed by atoms with Crippen LogP contribution in [0.3, 0.4) is 0 Å². The first-order chi connectivity index (χ1) is 15.4.